The number of nitro benzene ring substituents is 1. The lowest BCUT2D eigenvalue weighted by molar-refractivity contribution is -0.384. The third-order valence-electron chi connectivity index (χ3n) is 9.23. The van der Waals surface area contributed by atoms with Crippen LogP contribution in [0.2, 0.25) is 0 Å². The number of pyridine rings is 1. The van der Waals surface area contributed by atoms with Gasteiger partial charge in [-0.1, -0.05) is 23.8 Å². The molecule has 1 fully saturated rings. The molecule has 57 heavy (non-hydrogen) atoms. The number of aromatic nitrogens is 2. The summed E-state index contributed by atoms with van der Waals surface area (Å²) in [7, 11) is -2.69. The smallest absolute Gasteiger partial charge is 0.410 e. The molecule has 0 N–H and O–H groups in total. The summed E-state index contributed by atoms with van der Waals surface area (Å²) < 4.78 is 58.9. The first kappa shape index (κ1) is 40.9. The van der Waals surface area contributed by atoms with Gasteiger partial charge in [0.2, 0.25) is 0 Å². The van der Waals surface area contributed by atoms with Crippen molar-refractivity contribution in [3.05, 3.63) is 111 Å². The van der Waals surface area contributed by atoms with Gasteiger partial charge in [-0.2, -0.15) is 0 Å². The predicted molar refractivity (Wildman–Crippen MR) is 213 cm³/mol. The minimum absolute atomic E-state index is 0.00514. The maximum atomic E-state index is 13.7. The third-order valence-corrected chi connectivity index (χ3v) is 10.9. The van der Waals surface area contributed by atoms with Gasteiger partial charge in [-0.15, -0.1) is 0 Å². The summed E-state index contributed by atoms with van der Waals surface area (Å²) in [4.78, 5) is 38.9. The van der Waals surface area contributed by atoms with Crippen molar-refractivity contribution in [3.63, 3.8) is 0 Å². The highest BCUT2D eigenvalue weighted by molar-refractivity contribution is 7.90. The van der Waals surface area contributed by atoms with Gasteiger partial charge < -0.3 is 33.2 Å². The first-order valence-corrected chi connectivity index (χ1v) is 19.9. The van der Waals surface area contributed by atoms with Crippen molar-refractivity contribution in [1.82, 2.24) is 13.4 Å². The molecule has 3 heterocycles. The molecule has 0 aliphatic carbocycles. The van der Waals surface area contributed by atoms with E-state index in [-0.39, 0.29) is 51.6 Å². The van der Waals surface area contributed by atoms with Gasteiger partial charge in [0, 0.05) is 67.2 Å². The second-order valence-electron chi connectivity index (χ2n) is 14.7. The highest BCUT2D eigenvalue weighted by atomic mass is 32.2. The van der Waals surface area contributed by atoms with E-state index in [0.29, 0.717) is 50.0 Å². The highest BCUT2D eigenvalue weighted by Crippen LogP contribution is 2.40. The van der Waals surface area contributed by atoms with Crippen LogP contribution in [0.3, 0.4) is 0 Å². The minimum Gasteiger partial charge on any atom is -0.491 e. The van der Waals surface area contributed by atoms with Gasteiger partial charge in [-0.05, 0) is 76.9 Å². The van der Waals surface area contributed by atoms with Crippen LogP contribution in [0.1, 0.15) is 39.2 Å². The fraction of sp³-hybridized carbons (Fsp3) is 0.366. The Hall–Kier alpha value is -5.71. The summed E-state index contributed by atoms with van der Waals surface area (Å²) in [6, 6.07) is 18.7. The second-order valence-corrected chi connectivity index (χ2v) is 16.5. The molecule has 0 radical (unpaired) electrons. The topological polar surface area (TPSA) is 171 Å². The van der Waals surface area contributed by atoms with Crippen LogP contribution in [-0.2, 0) is 31.3 Å². The Morgan fingerprint density at radius 2 is 1.61 bits per heavy atom. The Morgan fingerprint density at radius 1 is 0.912 bits per heavy atom. The van der Waals surface area contributed by atoms with E-state index >= 15 is 0 Å². The Balaban J connectivity index is 1.10. The number of nitro groups is 1. The predicted octanol–water partition coefficient (Wildman–Crippen LogP) is 7.06. The molecule has 1 amide bonds. The molecule has 5 aromatic rings. The Labute approximate surface area is 330 Å². The molecule has 302 valence electrons. The number of piperidine rings is 1. The molecule has 2 aromatic heterocycles. The lowest BCUT2D eigenvalue weighted by Gasteiger charge is -2.33. The number of carbonyl (C=O) groups is 1. The molecule has 0 bridgehead atoms. The zero-order valence-corrected chi connectivity index (χ0v) is 33.3. The highest BCUT2D eigenvalue weighted by Gasteiger charge is 2.28. The van der Waals surface area contributed by atoms with E-state index in [1.54, 1.807) is 41.3 Å². The van der Waals surface area contributed by atoms with E-state index in [4.69, 9.17) is 23.7 Å². The van der Waals surface area contributed by atoms with E-state index in [9.17, 15) is 28.1 Å². The maximum absolute atomic E-state index is 13.7. The van der Waals surface area contributed by atoms with Gasteiger partial charge in [-0.3, -0.25) is 14.9 Å². The summed E-state index contributed by atoms with van der Waals surface area (Å²) in [6.07, 6.45) is 4.00. The Bertz CT molecular complexity index is 2410. The van der Waals surface area contributed by atoms with Gasteiger partial charge in [0.1, 0.15) is 35.0 Å². The van der Waals surface area contributed by atoms with Crippen LogP contribution in [0.5, 0.6) is 17.2 Å². The standard InChI is InChI=1S/C41H46N4O11S/c1-28-9-12-33(13-10-28)57(50,51)44-20-17-34-36(27-42(5)39(46)38(34)44)35-25-29(45(48)49)11-14-37(35)55-32-8-6-7-31(26-32)54-24-22-52-21-23-53-30-15-18-43(19-16-30)40(47)56-41(2,3)4/h6-14,17,20,25-27,30H,15-16,18-19,21-24H2,1-5H3. The minimum atomic E-state index is -4.17. The third kappa shape index (κ3) is 9.82. The number of likely N-dealkylation sites (tertiary alicyclic amines) is 1. The van der Waals surface area contributed by atoms with Gasteiger partial charge in [0.15, 0.2) is 0 Å². The van der Waals surface area contributed by atoms with E-state index in [1.807, 2.05) is 27.7 Å². The van der Waals surface area contributed by atoms with Crippen molar-refractivity contribution in [1.29, 1.82) is 0 Å². The van der Waals surface area contributed by atoms with E-state index in [1.165, 1.54) is 60.4 Å². The Morgan fingerprint density at radius 3 is 2.32 bits per heavy atom. The fourth-order valence-corrected chi connectivity index (χ4v) is 7.73. The van der Waals surface area contributed by atoms with Crippen molar-refractivity contribution in [2.75, 3.05) is 39.5 Å². The lowest BCUT2D eigenvalue weighted by Crippen LogP contribution is -2.43. The van der Waals surface area contributed by atoms with Crippen molar-refractivity contribution < 1.29 is 41.8 Å². The van der Waals surface area contributed by atoms with Gasteiger partial charge >= 0.3 is 6.09 Å². The van der Waals surface area contributed by atoms with E-state index in [2.05, 4.69) is 0 Å². The summed E-state index contributed by atoms with van der Waals surface area (Å²) >= 11 is 0. The number of ether oxygens (including phenoxy) is 5. The average molecular weight is 803 g/mol. The molecule has 1 aliphatic heterocycles. The molecular formula is C41H46N4O11S. The SMILES string of the molecule is Cc1ccc(S(=O)(=O)n2ccc3c(-c4cc([N+](=O)[O-])ccc4Oc4cccc(OCCOCCOC5CCN(C(=O)OC(C)(C)C)CC5)c4)cn(C)c(=O)c32)cc1. The summed E-state index contributed by atoms with van der Waals surface area (Å²) in [5.74, 6) is 1.09. The van der Waals surface area contributed by atoms with Gasteiger partial charge in [-0.25, -0.2) is 17.2 Å². The summed E-state index contributed by atoms with van der Waals surface area (Å²) in [5, 5.41) is 12.2. The molecule has 0 unspecified atom stereocenters. The number of benzene rings is 3. The maximum Gasteiger partial charge on any atom is 0.410 e. The molecule has 3 aromatic carbocycles. The van der Waals surface area contributed by atoms with Gasteiger partial charge in [0.25, 0.3) is 21.3 Å². The first-order chi connectivity index (χ1) is 27.1. The van der Waals surface area contributed by atoms with Crippen LogP contribution in [0.15, 0.2) is 94.9 Å². The van der Waals surface area contributed by atoms with E-state index in [0.717, 1.165) is 22.4 Å². The van der Waals surface area contributed by atoms with Crippen LogP contribution in [-0.4, -0.2) is 84.1 Å². The number of rotatable bonds is 14. The quantitative estimate of drug-likeness (QED) is 0.0640. The summed E-state index contributed by atoms with van der Waals surface area (Å²) in [5.41, 5.74) is 0.0556. The number of aryl methyl sites for hydroxylation is 2. The number of hydrogen-bond donors (Lipinski definition) is 0. The molecule has 0 saturated carbocycles. The van der Waals surface area contributed by atoms with Crippen molar-refractivity contribution in [2.45, 2.75) is 57.1 Å². The van der Waals surface area contributed by atoms with Crippen LogP contribution in [0.25, 0.3) is 22.0 Å². The van der Waals surface area contributed by atoms with Gasteiger partial charge in [0.05, 0.1) is 35.7 Å². The fourth-order valence-electron chi connectivity index (χ4n) is 6.38. The number of fused-ring (bicyclic) bond motifs is 1. The zero-order chi connectivity index (χ0) is 40.9. The molecule has 0 atom stereocenters. The van der Waals surface area contributed by atoms with Crippen LogP contribution in [0, 0.1) is 17.0 Å². The largest absolute Gasteiger partial charge is 0.491 e. The second kappa shape index (κ2) is 17.2. The number of nitrogens with zero attached hydrogens (tertiary/aromatic N) is 4. The molecule has 16 heteroatoms. The molecule has 6 rings (SSSR count). The number of carbonyl (C=O) groups excluding carboxylic acids is 1. The van der Waals surface area contributed by atoms with Crippen LogP contribution in [0.4, 0.5) is 10.5 Å². The van der Waals surface area contributed by atoms with Crippen molar-refractivity contribution in [3.8, 4) is 28.4 Å². The van der Waals surface area contributed by atoms with Crippen molar-refractivity contribution >= 4 is 32.7 Å². The van der Waals surface area contributed by atoms with Crippen LogP contribution < -0.4 is 15.0 Å². The monoisotopic (exact) mass is 802 g/mol. The molecular weight excluding hydrogens is 757 g/mol. The normalized spacial score (nSPS) is 13.8. The summed E-state index contributed by atoms with van der Waals surface area (Å²) in [6.45, 7) is 9.88. The molecule has 1 saturated heterocycles. The average Bonchev–Trinajstić information content (AvgIpc) is 3.63. The van der Waals surface area contributed by atoms with E-state index < -0.39 is 26.1 Å². The molecule has 0 spiro atoms. The van der Waals surface area contributed by atoms with Crippen molar-refractivity contribution in [2.24, 2.45) is 7.05 Å². The Kier molecular flexibility index (Phi) is 12.4. The lowest BCUT2D eigenvalue weighted by atomic mass is 10.0. The molecule has 1 aliphatic rings. The zero-order valence-electron chi connectivity index (χ0n) is 32.5. The number of amides is 1. The number of hydrogen-bond acceptors (Lipinski definition) is 11. The number of non-ortho nitro benzene ring substituents is 1. The first-order valence-electron chi connectivity index (χ1n) is 18.5. The molecule has 15 nitrogen and oxygen atoms in total. The van der Waals surface area contributed by atoms with Crippen LogP contribution >= 0.6 is 0 Å².